The molecule has 2 N–H and O–H groups in total. The Morgan fingerprint density at radius 2 is 1.89 bits per heavy atom. The Hall–Kier alpha value is -1.97. The van der Waals surface area contributed by atoms with Crippen LogP contribution in [0.4, 0.5) is 0 Å². The van der Waals surface area contributed by atoms with Crippen LogP contribution in [0.15, 0.2) is 30.5 Å². The lowest BCUT2D eigenvalue weighted by Gasteiger charge is -2.30. The molecule has 94 valence electrons. The van der Waals surface area contributed by atoms with Crippen LogP contribution in [0.2, 0.25) is 0 Å². The molecule has 2 heterocycles. The lowest BCUT2D eigenvalue weighted by molar-refractivity contribution is 0.100. The summed E-state index contributed by atoms with van der Waals surface area (Å²) in [6.45, 7) is 2.08. The third-order valence-corrected chi connectivity index (χ3v) is 3.59. The normalized spacial score (nSPS) is 16.1. The standard InChI is InChI=1S/C14H17N3O/c15-14(18)12-6-4-5-11-7-10-17(13(11)12)16-8-2-1-3-9-16/h4-7,10H,1-3,8-9H2,(H2,15,18). The number of fused-ring (bicyclic) bond motifs is 1. The number of primary amides is 1. The fourth-order valence-electron chi connectivity index (χ4n) is 2.70. The van der Waals surface area contributed by atoms with E-state index in [9.17, 15) is 4.79 Å². The molecular weight excluding hydrogens is 226 g/mol. The van der Waals surface area contributed by atoms with Crippen LogP contribution in [-0.2, 0) is 0 Å². The molecule has 0 bridgehead atoms. The molecule has 4 nitrogen and oxygen atoms in total. The number of hydrogen-bond acceptors (Lipinski definition) is 2. The third kappa shape index (κ3) is 1.74. The van der Waals surface area contributed by atoms with E-state index in [4.69, 9.17) is 5.73 Å². The van der Waals surface area contributed by atoms with E-state index in [-0.39, 0.29) is 5.91 Å². The molecule has 1 aromatic heterocycles. The van der Waals surface area contributed by atoms with E-state index in [0.717, 1.165) is 24.0 Å². The Labute approximate surface area is 106 Å². The molecule has 1 amide bonds. The monoisotopic (exact) mass is 243 g/mol. The summed E-state index contributed by atoms with van der Waals surface area (Å²) in [5, 5.41) is 3.36. The zero-order valence-electron chi connectivity index (χ0n) is 10.3. The van der Waals surface area contributed by atoms with Gasteiger partial charge in [-0.2, -0.15) is 0 Å². The summed E-state index contributed by atoms with van der Waals surface area (Å²) >= 11 is 0. The van der Waals surface area contributed by atoms with Crippen LogP contribution in [0.25, 0.3) is 10.9 Å². The van der Waals surface area contributed by atoms with Crippen molar-refractivity contribution in [1.82, 2.24) is 4.68 Å². The molecule has 18 heavy (non-hydrogen) atoms. The van der Waals surface area contributed by atoms with Crippen LogP contribution in [0.3, 0.4) is 0 Å². The van der Waals surface area contributed by atoms with Gasteiger partial charge in [-0.25, -0.2) is 0 Å². The summed E-state index contributed by atoms with van der Waals surface area (Å²) in [4.78, 5) is 11.5. The zero-order valence-corrected chi connectivity index (χ0v) is 10.3. The number of amides is 1. The van der Waals surface area contributed by atoms with E-state index in [1.807, 2.05) is 24.4 Å². The summed E-state index contributed by atoms with van der Waals surface area (Å²) in [5.74, 6) is -0.363. The molecule has 0 unspecified atom stereocenters. The fourth-order valence-corrected chi connectivity index (χ4v) is 2.70. The van der Waals surface area contributed by atoms with Crippen LogP contribution in [0, 0.1) is 0 Å². The molecule has 2 aromatic rings. The van der Waals surface area contributed by atoms with Crippen molar-refractivity contribution in [3.05, 3.63) is 36.0 Å². The second-order valence-corrected chi connectivity index (χ2v) is 4.78. The van der Waals surface area contributed by atoms with Crippen molar-refractivity contribution in [2.75, 3.05) is 18.1 Å². The predicted molar refractivity (Wildman–Crippen MR) is 72.3 cm³/mol. The number of nitrogens with two attached hydrogens (primary N) is 1. The largest absolute Gasteiger partial charge is 0.366 e. The van der Waals surface area contributed by atoms with Gasteiger partial charge in [-0.05, 0) is 31.4 Å². The number of piperidine rings is 1. The number of nitrogens with zero attached hydrogens (tertiary/aromatic N) is 2. The van der Waals surface area contributed by atoms with Crippen molar-refractivity contribution in [2.45, 2.75) is 19.3 Å². The van der Waals surface area contributed by atoms with Gasteiger partial charge in [-0.1, -0.05) is 12.1 Å². The van der Waals surface area contributed by atoms with E-state index in [2.05, 4.69) is 9.69 Å². The summed E-state index contributed by atoms with van der Waals surface area (Å²) in [7, 11) is 0. The van der Waals surface area contributed by atoms with E-state index in [0.29, 0.717) is 5.56 Å². The molecule has 1 aliphatic heterocycles. The van der Waals surface area contributed by atoms with E-state index >= 15 is 0 Å². The molecule has 1 fully saturated rings. The van der Waals surface area contributed by atoms with Crippen LogP contribution in [-0.4, -0.2) is 23.7 Å². The Kier molecular flexibility index (Phi) is 2.70. The highest BCUT2D eigenvalue weighted by Crippen LogP contribution is 2.22. The van der Waals surface area contributed by atoms with Crippen LogP contribution in [0.5, 0.6) is 0 Å². The SMILES string of the molecule is NC(=O)c1cccc2ccn(N3CCCCC3)c12. The average Bonchev–Trinajstić information content (AvgIpc) is 2.83. The fraction of sp³-hybridized carbons (Fsp3) is 0.357. The third-order valence-electron chi connectivity index (χ3n) is 3.59. The maximum atomic E-state index is 11.5. The second kappa shape index (κ2) is 4.37. The minimum atomic E-state index is -0.363. The number of carbonyl (C=O) groups is 1. The topological polar surface area (TPSA) is 51.3 Å². The minimum Gasteiger partial charge on any atom is -0.366 e. The number of hydrogen-bond donors (Lipinski definition) is 1. The Bertz CT molecular complexity index is 582. The molecule has 0 spiro atoms. The molecule has 1 saturated heterocycles. The number of benzene rings is 1. The lowest BCUT2D eigenvalue weighted by Crippen LogP contribution is -2.38. The Balaban J connectivity index is 2.14. The van der Waals surface area contributed by atoms with E-state index < -0.39 is 0 Å². The molecule has 0 radical (unpaired) electrons. The number of rotatable bonds is 2. The van der Waals surface area contributed by atoms with Gasteiger partial charge in [0.15, 0.2) is 0 Å². The van der Waals surface area contributed by atoms with Crippen LogP contribution in [0.1, 0.15) is 29.6 Å². The summed E-state index contributed by atoms with van der Waals surface area (Å²) in [6.07, 6.45) is 5.73. The molecule has 0 aliphatic carbocycles. The zero-order chi connectivity index (χ0) is 12.5. The highest BCUT2D eigenvalue weighted by Gasteiger charge is 2.16. The van der Waals surface area contributed by atoms with Gasteiger partial charge in [-0.3, -0.25) is 9.47 Å². The Morgan fingerprint density at radius 1 is 1.11 bits per heavy atom. The van der Waals surface area contributed by atoms with Gasteiger partial charge in [-0.15, -0.1) is 0 Å². The summed E-state index contributed by atoms with van der Waals surface area (Å²) < 4.78 is 2.09. The smallest absolute Gasteiger partial charge is 0.250 e. The van der Waals surface area contributed by atoms with Gasteiger partial charge in [0.05, 0.1) is 11.1 Å². The van der Waals surface area contributed by atoms with Crippen molar-refractivity contribution >= 4 is 16.8 Å². The highest BCUT2D eigenvalue weighted by molar-refractivity contribution is 6.05. The molecule has 3 rings (SSSR count). The molecule has 1 aliphatic rings. The van der Waals surface area contributed by atoms with Gasteiger partial charge in [0.2, 0.25) is 0 Å². The maximum absolute atomic E-state index is 11.5. The molecule has 0 saturated carbocycles. The number of aromatic nitrogens is 1. The van der Waals surface area contributed by atoms with E-state index in [1.54, 1.807) is 6.07 Å². The van der Waals surface area contributed by atoms with Gasteiger partial charge in [0, 0.05) is 24.7 Å². The quantitative estimate of drug-likeness (QED) is 0.875. The summed E-state index contributed by atoms with van der Waals surface area (Å²) in [6, 6.07) is 7.73. The van der Waals surface area contributed by atoms with Crippen molar-refractivity contribution in [2.24, 2.45) is 5.73 Å². The van der Waals surface area contributed by atoms with Gasteiger partial charge in [0.25, 0.3) is 5.91 Å². The molecule has 0 atom stereocenters. The van der Waals surface area contributed by atoms with Gasteiger partial charge in [0.1, 0.15) is 0 Å². The highest BCUT2D eigenvalue weighted by atomic mass is 16.1. The first kappa shape index (κ1) is 11.1. The maximum Gasteiger partial charge on any atom is 0.250 e. The minimum absolute atomic E-state index is 0.363. The van der Waals surface area contributed by atoms with Crippen molar-refractivity contribution in [3.63, 3.8) is 0 Å². The molecular formula is C14H17N3O. The van der Waals surface area contributed by atoms with Crippen molar-refractivity contribution in [3.8, 4) is 0 Å². The first-order chi connectivity index (χ1) is 8.77. The second-order valence-electron chi connectivity index (χ2n) is 4.78. The lowest BCUT2D eigenvalue weighted by atomic mass is 10.1. The Morgan fingerprint density at radius 3 is 2.61 bits per heavy atom. The first-order valence-electron chi connectivity index (χ1n) is 6.42. The van der Waals surface area contributed by atoms with Gasteiger partial charge < -0.3 is 10.7 Å². The summed E-state index contributed by atoms with van der Waals surface area (Å²) in [5.41, 5.74) is 7.00. The molecule has 1 aromatic carbocycles. The number of carbonyl (C=O) groups excluding carboxylic acids is 1. The van der Waals surface area contributed by atoms with Crippen molar-refractivity contribution in [1.29, 1.82) is 0 Å². The average molecular weight is 243 g/mol. The number of para-hydroxylation sites is 1. The van der Waals surface area contributed by atoms with Crippen molar-refractivity contribution < 1.29 is 4.79 Å². The van der Waals surface area contributed by atoms with Gasteiger partial charge >= 0.3 is 0 Å². The molecule has 4 heteroatoms. The van der Waals surface area contributed by atoms with Crippen LogP contribution < -0.4 is 10.7 Å². The van der Waals surface area contributed by atoms with Crippen LogP contribution >= 0.6 is 0 Å². The predicted octanol–water partition coefficient (Wildman–Crippen LogP) is 1.86. The first-order valence-corrected chi connectivity index (χ1v) is 6.42. The van der Waals surface area contributed by atoms with E-state index in [1.165, 1.54) is 19.3 Å².